The molecule has 0 aromatic heterocycles. The molecule has 0 radical (unpaired) electrons. The first-order valence-corrected chi connectivity index (χ1v) is 5.07. The first kappa shape index (κ1) is 13.0. The Hall–Kier alpha value is -1.10. The van der Waals surface area contributed by atoms with Gasteiger partial charge in [0.15, 0.2) is 23.3 Å². The Kier molecular flexibility index (Phi) is 4.29. The zero-order chi connectivity index (χ0) is 12.3. The molecular weight excluding hydrogens is 222 g/mol. The van der Waals surface area contributed by atoms with Crippen LogP contribution in [0.2, 0.25) is 0 Å². The molecule has 0 amide bonds. The van der Waals surface area contributed by atoms with Crippen molar-refractivity contribution in [3.05, 3.63) is 34.9 Å². The summed E-state index contributed by atoms with van der Waals surface area (Å²) in [5.41, 5.74) is 4.80. The van der Waals surface area contributed by atoms with Crippen molar-refractivity contribution in [3.8, 4) is 0 Å². The summed E-state index contributed by atoms with van der Waals surface area (Å²) < 4.78 is 52.2. The van der Waals surface area contributed by atoms with E-state index in [-0.39, 0.29) is 12.5 Å². The molecule has 1 nitrogen and oxygen atoms in total. The molecular formula is C11H13F4N. The molecule has 0 spiro atoms. The molecule has 0 saturated heterocycles. The number of nitrogens with two attached hydrogens (primary N) is 1. The van der Waals surface area contributed by atoms with Gasteiger partial charge in [-0.3, -0.25) is 0 Å². The fourth-order valence-corrected chi connectivity index (χ4v) is 1.49. The van der Waals surface area contributed by atoms with Gasteiger partial charge in [-0.1, -0.05) is 19.8 Å². The van der Waals surface area contributed by atoms with E-state index in [0.29, 0.717) is 6.42 Å². The highest BCUT2D eigenvalue weighted by Crippen LogP contribution is 2.26. The molecule has 0 aliphatic rings. The highest BCUT2D eigenvalue weighted by Gasteiger charge is 2.23. The second-order valence-corrected chi connectivity index (χ2v) is 3.63. The maximum Gasteiger partial charge on any atom is 0.166 e. The molecule has 0 aliphatic heterocycles. The quantitative estimate of drug-likeness (QED) is 0.628. The van der Waals surface area contributed by atoms with Gasteiger partial charge in [-0.15, -0.1) is 0 Å². The Bertz CT molecular complexity index is 352. The number of halogens is 4. The summed E-state index contributed by atoms with van der Waals surface area (Å²) in [6.07, 6.45) is 1.71. The molecule has 0 fully saturated rings. The molecule has 1 rings (SSSR count). The standard InChI is InChI=1S/C11H13F4N/c1-2-3-4-8(16)9-10(14)6(12)5-7(13)11(9)15/h5,8H,2-4,16H2,1H3/t8-/m0/s1. The zero-order valence-corrected chi connectivity index (χ0v) is 8.87. The van der Waals surface area contributed by atoms with E-state index in [4.69, 9.17) is 5.73 Å². The lowest BCUT2D eigenvalue weighted by atomic mass is 10.0. The summed E-state index contributed by atoms with van der Waals surface area (Å²) in [7, 11) is 0. The minimum atomic E-state index is -1.42. The number of benzene rings is 1. The number of rotatable bonds is 4. The predicted octanol–water partition coefficient (Wildman–Crippen LogP) is 3.43. The monoisotopic (exact) mass is 235 g/mol. The van der Waals surface area contributed by atoms with Gasteiger partial charge in [-0.25, -0.2) is 17.6 Å². The SMILES string of the molecule is CCCC[C@H](N)c1c(F)c(F)cc(F)c1F. The van der Waals surface area contributed by atoms with E-state index in [9.17, 15) is 17.6 Å². The van der Waals surface area contributed by atoms with Crippen molar-refractivity contribution in [2.24, 2.45) is 5.73 Å². The number of hydrogen-bond acceptors (Lipinski definition) is 1. The van der Waals surface area contributed by atoms with Crippen LogP contribution in [0.25, 0.3) is 0 Å². The number of unbranched alkanes of at least 4 members (excludes halogenated alkanes) is 1. The normalized spacial score (nSPS) is 12.9. The Morgan fingerprint density at radius 1 is 1.12 bits per heavy atom. The Balaban J connectivity index is 3.11. The molecule has 1 atom stereocenters. The van der Waals surface area contributed by atoms with Crippen molar-refractivity contribution in [1.29, 1.82) is 0 Å². The molecule has 5 heteroatoms. The van der Waals surface area contributed by atoms with E-state index in [1.165, 1.54) is 0 Å². The van der Waals surface area contributed by atoms with Gasteiger partial charge in [0.2, 0.25) is 0 Å². The first-order chi connectivity index (χ1) is 7.49. The van der Waals surface area contributed by atoms with E-state index in [1.807, 2.05) is 6.92 Å². The Morgan fingerprint density at radius 3 is 2.06 bits per heavy atom. The third-order valence-corrected chi connectivity index (χ3v) is 2.39. The van der Waals surface area contributed by atoms with Crippen molar-refractivity contribution in [2.45, 2.75) is 32.2 Å². The smallest absolute Gasteiger partial charge is 0.166 e. The number of hydrogen-bond donors (Lipinski definition) is 1. The van der Waals surface area contributed by atoms with Gasteiger partial charge in [-0.05, 0) is 6.42 Å². The molecule has 1 aromatic carbocycles. The van der Waals surface area contributed by atoms with E-state index < -0.39 is 34.9 Å². The molecule has 0 unspecified atom stereocenters. The molecule has 90 valence electrons. The summed E-state index contributed by atoms with van der Waals surface area (Å²) >= 11 is 0. The predicted molar refractivity (Wildman–Crippen MR) is 52.7 cm³/mol. The van der Waals surface area contributed by atoms with Crippen LogP contribution in [0, 0.1) is 23.3 Å². The second-order valence-electron chi connectivity index (χ2n) is 3.63. The van der Waals surface area contributed by atoms with Crippen LogP contribution in [0.4, 0.5) is 17.6 Å². The van der Waals surface area contributed by atoms with Gasteiger partial charge in [0.25, 0.3) is 0 Å². The third-order valence-electron chi connectivity index (χ3n) is 2.39. The molecule has 2 N–H and O–H groups in total. The lowest BCUT2D eigenvalue weighted by Gasteiger charge is -2.14. The molecule has 16 heavy (non-hydrogen) atoms. The molecule has 0 aliphatic carbocycles. The van der Waals surface area contributed by atoms with Crippen molar-refractivity contribution >= 4 is 0 Å². The average molecular weight is 235 g/mol. The van der Waals surface area contributed by atoms with Crippen LogP contribution in [-0.2, 0) is 0 Å². The van der Waals surface area contributed by atoms with Crippen molar-refractivity contribution < 1.29 is 17.6 Å². The maximum absolute atomic E-state index is 13.3. The van der Waals surface area contributed by atoms with Gasteiger partial charge in [0.1, 0.15) is 0 Å². The third kappa shape index (κ3) is 2.52. The van der Waals surface area contributed by atoms with Gasteiger partial charge in [-0.2, -0.15) is 0 Å². The lowest BCUT2D eigenvalue weighted by Crippen LogP contribution is -2.16. The summed E-state index contributed by atoms with van der Waals surface area (Å²) in [4.78, 5) is 0. The minimum absolute atomic E-state index is 0.181. The second kappa shape index (κ2) is 5.30. The zero-order valence-electron chi connectivity index (χ0n) is 8.87. The van der Waals surface area contributed by atoms with Crippen LogP contribution < -0.4 is 5.73 Å². The Morgan fingerprint density at radius 2 is 1.62 bits per heavy atom. The summed E-state index contributed by atoms with van der Waals surface area (Å²) in [6.45, 7) is 1.88. The topological polar surface area (TPSA) is 26.0 Å². The average Bonchev–Trinajstić information content (AvgIpc) is 2.24. The van der Waals surface area contributed by atoms with E-state index in [1.54, 1.807) is 0 Å². The summed E-state index contributed by atoms with van der Waals surface area (Å²) in [5, 5.41) is 0. The maximum atomic E-state index is 13.3. The van der Waals surface area contributed by atoms with E-state index in [2.05, 4.69) is 0 Å². The highest BCUT2D eigenvalue weighted by atomic mass is 19.2. The molecule has 0 saturated carbocycles. The summed E-state index contributed by atoms with van der Waals surface area (Å²) in [6, 6.07) is -0.842. The first-order valence-electron chi connectivity index (χ1n) is 5.07. The highest BCUT2D eigenvalue weighted by molar-refractivity contribution is 5.25. The van der Waals surface area contributed by atoms with Crippen molar-refractivity contribution in [3.63, 3.8) is 0 Å². The van der Waals surface area contributed by atoms with Crippen molar-refractivity contribution in [2.75, 3.05) is 0 Å². The lowest BCUT2D eigenvalue weighted by molar-refractivity contribution is 0.420. The molecule has 0 bridgehead atoms. The van der Waals surface area contributed by atoms with E-state index >= 15 is 0 Å². The van der Waals surface area contributed by atoms with E-state index in [0.717, 1.165) is 6.42 Å². The molecule has 0 heterocycles. The van der Waals surface area contributed by atoms with Crippen LogP contribution in [0.3, 0.4) is 0 Å². The fourth-order valence-electron chi connectivity index (χ4n) is 1.49. The molecule has 1 aromatic rings. The van der Waals surface area contributed by atoms with Crippen LogP contribution in [-0.4, -0.2) is 0 Å². The Labute approximate surface area is 91.3 Å². The van der Waals surface area contributed by atoms with Gasteiger partial charge in [0.05, 0.1) is 0 Å². The van der Waals surface area contributed by atoms with Gasteiger partial charge in [0, 0.05) is 17.7 Å². The van der Waals surface area contributed by atoms with Crippen LogP contribution >= 0.6 is 0 Å². The van der Waals surface area contributed by atoms with Crippen LogP contribution in [0.5, 0.6) is 0 Å². The van der Waals surface area contributed by atoms with Crippen LogP contribution in [0.15, 0.2) is 6.07 Å². The van der Waals surface area contributed by atoms with Crippen molar-refractivity contribution in [1.82, 2.24) is 0 Å². The fraction of sp³-hybridized carbons (Fsp3) is 0.455. The van der Waals surface area contributed by atoms with Gasteiger partial charge < -0.3 is 5.73 Å². The van der Waals surface area contributed by atoms with Gasteiger partial charge >= 0.3 is 0 Å². The largest absolute Gasteiger partial charge is 0.324 e. The minimum Gasteiger partial charge on any atom is -0.324 e. The summed E-state index contributed by atoms with van der Waals surface area (Å²) in [5.74, 6) is -5.63. The van der Waals surface area contributed by atoms with Crippen LogP contribution in [0.1, 0.15) is 37.8 Å².